The SMILES string of the molecule is O=C1CCC(c2c3cccc4cccc(c2=O)N43)C(=O)N1. The van der Waals surface area contributed by atoms with Crippen molar-refractivity contribution in [3.8, 4) is 0 Å². The van der Waals surface area contributed by atoms with Crippen LogP contribution in [0, 0.1) is 0 Å². The third-order valence-corrected chi connectivity index (χ3v) is 4.12. The van der Waals surface area contributed by atoms with Gasteiger partial charge >= 0.3 is 0 Å². The van der Waals surface area contributed by atoms with Crippen molar-refractivity contribution in [3.05, 3.63) is 52.2 Å². The minimum atomic E-state index is -0.555. The van der Waals surface area contributed by atoms with Crippen LogP contribution in [-0.4, -0.2) is 11.8 Å². The van der Waals surface area contributed by atoms with Crippen LogP contribution in [0.4, 0.5) is 17.1 Å². The number of amides is 2. The van der Waals surface area contributed by atoms with Crippen molar-refractivity contribution in [1.82, 2.24) is 5.32 Å². The van der Waals surface area contributed by atoms with E-state index in [2.05, 4.69) is 5.32 Å². The van der Waals surface area contributed by atoms with E-state index in [4.69, 9.17) is 0 Å². The molecule has 1 N–H and O–H groups in total. The third-order valence-electron chi connectivity index (χ3n) is 4.12. The van der Waals surface area contributed by atoms with Gasteiger partial charge in [-0.25, -0.2) is 0 Å². The maximum absolute atomic E-state index is 12.7. The number of hydrogen-bond donors (Lipinski definition) is 1. The summed E-state index contributed by atoms with van der Waals surface area (Å²) in [6.07, 6.45) is 0.654. The summed E-state index contributed by atoms with van der Waals surface area (Å²) in [5, 5.41) is 2.33. The van der Waals surface area contributed by atoms with Gasteiger partial charge in [-0.3, -0.25) is 19.7 Å². The molecule has 1 fully saturated rings. The first-order chi connectivity index (χ1) is 10.2. The predicted molar refractivity (Wildman–Crippen MR) is 77.3 cm³/mol. The average Bonchev–Trinajstić information content (AvgIpc) is 2.75. The van der Waals surface area contributed by atoms with E-state index < -0.39 is 5.92 Å². The Bertz CT molecular complexity index is 815. The number of nitrogens with zero attached hydrogens (tertiary/aromatic N) is 1. The molecule has 0 aromatic rings. The Morgan fingerprint density at radius 3 is 2.43 bits per heavy atom. The monoisotopic (exact) mass is 280 g/mol. The van der Waals surface area contributed by atoms with Gasteiger partial charge in [0.05, 0.1) is 17.3 Å². The van der Waals surface area contributed by atoms with Gasteiger partial charge in [-0.1, -0.05) is 12.1 Å². The third kappa shape index (κ3) is 1.60. The largest absolute Gasteiger partial charge is 0.306 e. The lowest BCUT2D eigenvalue weighted by molar-refractivity contribution is -0.134. The number of nitrogens with one attached hydrogen (secondary N) is 1. The molecule has 4 rings (SSSR count). The number of rotatable bonds is 1. The van der Waals surface area contributed by atoms with E-state index in [0.717, 1.165) is 11.4 Å². The summed E-state index contributed by atoms with van der Waals surface area (Å²) in [5.41, 5.74) is 2.61. The Labute approximate surface area is 120 Å². The first kappa shape index (κ1) is 12.1. The van der Waals surface area contributed by atoms with Crippen LogP contribution in [0.1, 0.15) is 24.3 Å². The molecule has 1 unspecified atom stereocenters. The molecule has 5 heteroatoms. The zero-order chi connectivity index (χ0) is 14.6. The molecule has 1 atom stereocenters. The van der Waals surface area contributed by atoms with Gasteiger partial charge in [0, 0.05) is 17.7 Å². The summed E-state index contributed by atoms with van der Waals surface area (Å²) in [4.78, 5) is 37.9. The number of carbonyl (C=O) groups is 2. The molecule has 0 bridgehead atoms. The number of anilines is 3. The minimum absolute atomic E-state index is 0.124. The lowest BCUT2D eigenvalue weighted by Crippen LogP contribution is -2.40. The van der Waals surface area contributed by atoms with Gasteiger partial charge in [0.25, 0.3) is 0 Å². The van der Waals surface area contributed by atoms with E-state index in [-0.39, 0.29) is 23.7 Å². The Hall–Kier alpha value is -2.69. The van der Waals surface area contributed by atoms with E-state index in [0.29, 0.717) is 17.7 Å². The van der Waals surface area contributed by atoms with Gasteiger partial charge in [0.1, 0.15) is 0 Å². The molecule has 0 aromatic carbocycles. The molecule has 4 aliphatic heterocycles. The summed E-state index contributed by atoms with van der Waals surface area (Å²) >= 11 is 0. The highest BCUT2D eigenvalue weighted by Gasteiger charge is 2.37. The first-order valence-electron chi connectivity index (χ1n) is 6.86. The Morgan fingerprint density at radius 2 is 1.71 bits per heavy atom. The van der Waals surface area contributed by atoms with Crippen LogP contribution < -0.4 is 15.6 Å². The van der Waals surface area contributed by atoms with Crippen molar-refractivity contribution in [3.63, 3.8) is 0 Å². The van der Waals surface area contributed by atoms with Crippen molar-refractivity contribution < 1.29 is 9.59 Å². The molecular weight excluding hydrogens is 268 g/mol. The fourth-order valence-electron chi connectivity index (χ4n) is 3.18. The molecule has 1 saturated heterocycles. The van der Waals surface area contributed by atoms with Gasteiger partial charge in [0.15, 0.2) is 0 Å². The summed E-state index contributed by atoms with van der Waals surface area (Å²) in [7, 11) is 0. The molecule has 104 valence electrons. The molecule has 0 saturated carbocycles. The van der Waals surface area contributed by atoms with Crippen LogP contribution >= 0.6 is 0 Å². The molecule has 5 nitrogen and oxygen atoms in total. The smallest absolute Gasteiger partial charge is 0.234 e. The molecule has 4 aliphatic rings. The summed E-state index contributed by atoms with van der Waals surface area (Å²) < 4.78 is 0. The molecule has 4 heterocycles. The Kier molecular flexibility index (Phi) is 2.39. The van der Waals surface area contributed by atoms with Gasteiger partial charge < -0.3 is 4.90 Å². The fourth-order valence-corrected chi connectivity index (χ4v) is 3.18. The zero-order valence-electron chi connectivity index (χ0n) is 11.1. The highest BCUT2D eigenvalue weighted by molar-refractivity contribution is 6.02. The van der Waals surface area contributed by atoms with Crippen LogP contribution in [0.5, 0.6) is 0 Å². The first-order valence-corrected chi connectivity index (χ1v) is 6.86. The van der Waals surface area contributed by atoms with Crippen molar-refractivity contribution in [1.29, 1.82) is 0 Å². The van der Waals surface area contributed by atoms with Crippen molar-refractivity contribution in [2.75, 3.05) is 4.90 Å². The van der Waals surface area contributed by atoms with E-state index in [1.54, 1.807) is 6.07 Å². The summed E-state index contributed by atoms with van der Waals surface area (Å²) in [5.74, 6) is -1.20. The summed E-state index contributed by atoms with van der Waals surface area (Å²) in [6, 6.07) is 11.2. The molecular formula is C16H12N2O3. The second-order valence-electron chi connectivity index (χ2n) is 5.33. The van der Waals surface area contributed by atoms with E-state index in [1.165, 1.54) is 0 Å². The van der Waals surface area contributed by atoms with Crippen molar-refractivity contribution in [2.45, 2.75) is 18.8 Å². The van der Waals surface area contributed by atoms with Gasteiger partial charge in [-0.15, -0.1) is 0 Å². The lowest BCUT2D eigenvalue weighted by Gasteiger charge is -2.25. The fraction of sp³-hybridized carbons (Fsp3) is 0.188. The Balaban J connectivity index is 1.93. The maximum Gasteiger partial charge on any atom is 0.234 e. The highest BCUT2D eigenvalue weighted by atomic mass is 16.2. The van der Waals surface area contributed by atoms with E-state index in [1.807, 2.05) is 35.2 Å². The zero-order valence-corrected chi connectivity index (χ0v) is 11.1. The molecule has 21 heavy (non-hydrogen) atoms. The van der Waals surface area contributed by atoms with Crippen LogP contribution in [0.25, 0.3) is 0 Å². The normalized spacial score (nSPS) is 20.2. The molecule has 0 radical (unpaired) electrons. The van der Waals surface area contributed by atoms with Gasteiger partial charge in [-0.05, 0) is 30.7 Å². The molecule has 0 aromatic heterocycles. The second kappa shape index (κ2) is 4.15. The van der Waals surface area contributed by atoms with Crippen LogP contribution in [0.3, 0.4) is 0 Å². The second-order valence-corrected chi connectivity index (χ2v) is 5.33. The number of carbonyl (C=O) groups excluding carboxylic acids is 2. The Morgan fingerprint density at radius 1 is 1.00 bits per heavy atom. The molecule has 0 spiro atoms. The van der Waals surface area contributed by atoms with Crippen LogP contribution in [0.2, 0.25) is 0 Å². The number of imide groups is 1. The standard InChI is InChI=1S/C16H12N2O3/c19-13-8-7-10(16(21)17-13)14-11-5-1-3-9-4-2-6-12(15(14)20)18(9)11/h1-6,10H,7-8H2,(H,17,19,21). The number of hydrogen-bond acceptors (Lipinski definition) is 4. The maximum atomic E-state index is 12.7. The minimum Gasteiger partial charge on any atom is -0.306 e. The van der Waals surface area contributed by atoms with Crippen molar-refractivity contribution in [2.24, 2.45) is 0 Å². The van der Waals surface area contributed by atoms with Crippen molar-refractivity contribution >= 4 is 28.9 Å². The van der Waals surface area contributed by atoms with Crippen LogP contribution in [0.15, 0.2) is 41.2 Å². The average molecular weight is 280 g/mol. The molecule has 2 amide bonds. The number of piperidine rings is 1. The van der Waals surface area contributed by atoms with E-state index in [9.17, 15) is 14.4 Å². The predicted octanol–water partition coefficient (Wildman–Crippen LogP) is 1.79. The van der Waals surface area contributed by atoms with Gasteiger partial charge in [-0.2, -0.15) is 0 Å². The van der Waals surface area contributed by atoms with E-state index >= 15 is 0 Å². The van der Waals surface area contributed by atoms with Crippen LogP contribution in [-0.2, 0) is 9.59 Å². The quantitative estimate of drug-likeness (QED) is 0.690. The highest BCUT2D eigenvalue weighted by Crippen LogP contribution is 2.43. The van der Waals surface area contributed by atoms with Gasteiger partial charge in [0.2, 0.25) is 17.2 Å². The molecule has 0 aliphatic carbocycles. The summed E-state index contributed by atoms with van der Waals surface area (Å²) in [6.45, 7) is 0. The lowest BCUT2D eigenvalue weighted by atomic mass is 9.90. The topological polar surface area (TPSA) is 66.5 Å².